The van der Waals surface area contributed by atoms with Crippen molar-refractivity contribution in [1.82, 2.24) is 10.1 Å². The molecular formula is C11H15N3O4. The van der Waals surface area contributed by atoms with E-state index in [4.69, 9.17) is 4.52 Å². The van der Waals surface area contributed by atoms with Crippen LogP contribution in [0, 0.1) is 12.8 Å². The van der Waals surface area contributed by atoms with Crippen LogP contribution < -0.4 is 5.32 Å². The minimum Gasteiger partial charge on any atom is -0.390 e. The molecule has 1 aromatic rings. The first-order chi connectivity index (χ1) is 8.56. The van der Waals surface area contributed by atoms with Crippen molar-refractivity contribution < 1.29 is 19.5 Å². The number of likely N-dealkylation sites (tertiary alicyclic amines) is 1. The maximum atomic E-state index is 12.0. The second-order valence-electron chi connectivity index (χ2n) is 4.96. The van der Waals surface area contributed by atoms with Gasteiger partial charge in [0.25, 0.3) is 0 Å². The van der Waals surface area contributed by atoms with Crippen molar-refractivity contribution in [3.63, 3.8) is 0 Å². The molecule has 7 heteroatoms. The minimum atomic E-state index is -0.856. The number of aliphatic hydroxyl groups is 2. The van der Waals surface area contributed by atoms with Crippen molar-refractivity contribution in [2.75, 3.05) is 11.9 Å². The summed E-state index contributed by atoms with van der Waals surface area (Å²) in [6.07, 6.45) is -0.928. The quantitative estimate of drug-likeness (QED) is 0.651. The van der Waals surface area contributed by atoms with Gasteiger partial charge in [-0.25, -0.2) is 4.79 Å². The van der Waals surface area contributed by atoms with Gasteiger partial charge in [0.1, 0.15) is 6.10 Å². The molecular weight excluding hydrogens is 238 g/mol. The van der Waals surface area contributed by atoms with Crippen LogP contribution in [0.1, 0.15) is 12.1 Å². The molecule has 2 aliphatic rings. The van der Waals surface area contributed by atoms with Gasteiger partial charge in [0.15, 0.2) is 0 Å². The second kappa shape index (κ2) is 3.96. The highest BCUT2D eigenvalue weighted by molar-refractivity contribution is 5.88. The summed E-state index contributed by atoms with van der Waals surface area (Å²) < 4.78 is 4.90. The molecule has 3 N–H and O–H groups in total. The van der Waals surface area contributed by atoms with Crippen LogP contribution in [0.2, 0.25) is 0 Å². The van der Waals surface area contributed by atoms with Crippen LogP contribution >= 0.6 is 0 Å². The predicted octanol–water partition coefficient (Wildman–Crippen LogP) is -0.0592. The number of aromatic nitrogens is 1. The zero-order chi connectivity index (χ0) is 12.9. The van der Waals surface area contributed by atoms with Crippen molar-refractivity contribution in [2.24, 2.45) is 5.92 Å². The Balaban J connectivity index is 1.68. The second-order valence-corrected chi connectivity index (χ2v) is 4.96. The third kappa shape index (κ3) is 1.67. The van der Waals surface area contributed by atoms with Crippen LogP contribution in [0.3, 0.4) is 0 Å². The number of rotatable bonds is 1. The van der Waals surface area contributed by atoms with E-state index in [1.54, 1.807) is 17.9 Å². The van der Waals surface area contributed by atoms with Gasteiger partial charge in [-0.15, -0.1) is 0 Å². The highest BCUT2D eigenvalue weighted by Crippen LogP contribution is 2.38. The Hall–Kier alpha value is -1.60. The molecule has 1 saturated heterocycles. The number of carbonyl (C=O) groups is 1. The van der Waals surface area contributed by atoms with Crippen LogP contribution in [-0.4, -0.2) is 51.1 Å². The van der Waals surface area contributed by atoms with E-state index < -0.39 is 12.2 Å². The molecule has 2 fully saturated rings. The van der Waals surface area contributed by atoms with Gasteiger partial charge in [-0.3, -0.25) is 5.32 Å². The fourth-order valence-corrected chi connectivity index (χ4v) is 2.81. The van der Waals surface area contributed by atoms with Crippen LogP contribution in [0.25, 0.3) is 0 Å². The molecule has 2 amide bonds. The van der Waals surface area contributed by atoms with Gasteiger partial charge in [0.05, 0.1) is 17.8 Å². The van der Waals surface area contributed by atoms with Crippen LogP contribution in [-0.2, 0) is 0 Å². The average molecular weight is 253 g/mol. The van der Waals surface area contributed by atoms with E-state index in [0.29, 0.717) is 18.7 Å². The Morgan fingerprint density at radius 1 is 1.56 bits per heavy atom. The zero-order valence-electron chi connectivity index (χ0n) is 9.91. The molecule has 3 rings (SSSR count). The maximum absolute atomic E-state index is 12.0. The van der Waals surface area contributed by atoms with Crippen LogP contribution in [0.4, 0.5) is 10.7 Å². The number of aryl methyl sites for hydroxylation is 1. The number of aliphatic hydroxyl groups excluding tert-OH is 2. The number of nitrogens with one attached hydrogen (secondary N) is 1. The van der Waals surface area contributed by atoms with Crippen molar-refractivity contribution in [1.29, 1.82) is 0 Å². The summed E-state index contributed by atoms with van der Waals surface area (Å²) in [5.41, 5.74) is 0.684. The highest BCUT2D eigenvalue weighted by Gasteiger charge is 2.52. The molecule has 0 spiro atoms. The SMILES string of the molecule is Cc1cc(NC(=O)N2C[C@@H]3C[C@H]2[C@@H](O)[C@H]3O)on1. The largest absolute Gasteiger partial charge is 0.390 e. The first-order valence-electron chi connectivity index (χ1n) is 5.93. The molecule has 98 valence electrons. The summed E-state index contributed by atoms with van der Waals surface area (Å²) in [4.78, 5) is 13.5. The molecule has 0 aromatic carbocycles. The number of fused-ring (bicyclic) bond motifs is 2. The molecule has 1 aromatic heterocycles. The number of nitrogens with zero attached hydrogens (tertiary/aromatic N) is 2. The Morgan fingerprint density at radius 2 is 2.33 bits per heavy atom. The number of piperidine rings is 1. The lowest BCUT2D eigenvalue weighted by Gasteiger charge is -2.32. The lowest BCUT2D eigenvalue weighted by molar-refractivity contribution is -0.0314. The number of amides is 2. The molecule has 4 atom stereocenters. The molecule has 2 bridgehead atoms. The van der Waals surface area contributed by atoms with Gasteiger partial charge >= 0.3 is 6.03 Å². The molecule has 1 saturated carbocycles. The summed E-state index contributed by atoms with van der Waals surface area (Å²) in [5.74, 6) is 0.252. The van der Waals surface area contributed by atoms with Crippen molar-refractivity contribution in [3.05, 3.63) is 11.8 Å². The smallest absolute Gasteiger partial charge is 0.324 e. The third-order valence-electron chi connectivity index (χ3n) is 3.72. The van der Waals surface area contributed by atoms with E-state index in [0.717, 1.165) is 0 Å². The minimum absolute atomic E-state index is 0.0350. The topological polar surface area (TPSA) is 98.8 Å². The van der Waals surface area contributed by atoms with Crippen molar-refractivity contribution >= 4 is 11.9 Å². The van der Waals surface area contributed by atoms with E-state index in [-0.39, 0.29) is 23.9 Å². The van der Waals surface area contributed by atoms with Gasteiger partial charge in [0, 0.05) is 18.5 Å². The number of carbonyl (C=O) groups excluding carboxylic acids is 1. The Kier molecular flexibility index (Phi) is 2.53. The van der Waals surface area contributed by atoms with Crippen molar-refractivity contribution in [2.45, 2.75) is 31.6 Å². The number of hydrogen-bond acceptors (Lipinski definition) is 5. The Morgan fingerprint density at radius 3 is 2.89 bits per heavy atom. The molecule has 0 unspecified atom stereocenters. The summed E-state index contributed by atoms with van der Waals surface area (Å²) >= 11 is 0. The monoisotopic (exact) mass is 253 g/mol. The van der Waals surface area contributed by atoms with E-state index in [1.165, 1.54) is 0 Å². The fraction of sp³-hybridized carbons (Fsp3) is 0.636. The third-order valence-corrected chi connectivity index (χ3v) is 3.72. The number of anilines is 1. The fourth-order valence-electron chi connectivity index (χ4n) is 2.81. The lowest BCUT2D eigenvalue weighted by Crippen LogP contribution is -2.51. The summed E-state index contributed by atoms with van der Waals surface area (Å²) in [6.45, 7) is 2.22. The molecule has 0 radical (unpaired) electrons. The number of urea groups is 1. The maximum Gasteiger partial charge on any atom is 0.324 e. The molecule has 18 heavy (non-hydrogen) atoms. The zero-order valence-corrected chi connectivity index (χ0v) is 9.91. The molecule has 2 heterocycles. The highest BCUT2D eigenvalue weighted by atomic mass is 16.5. The Labute approximate surface area is 103 Å². The average Bonchev–Trinajstić information content (AvgIpc) is 2.98. The first kappa shape index (κ1) is 11.5. The van der Waals surface area contributed by atoms with Gasteiger partial charge in [-0.2, -0.15) is 0 Å². The van der Waals surface area contributed by atoms with Gasteiger partial charge in [-0.1, -0.05) is 5.16 Å². The standard InChI is InChI=1S/C11H15N3O4/c1-5-2-8(18-13-5)12-11(17)14-4-6-3-7(14)10(16)9(6)15/h2,6-7,9-10,15-16H,3-4H2,1H3,(H,12,17)/t6-,7-,9-,10+/m0/s1. The Bertz CT molecular complexity index is 473. The lowest BCUT2D eigenvalue weighted by atomic mass is 10.0. The predicted molar refractivity (Wildman–Crippen MR) is 60.9 cm³/mol. The summed E-state index contributed by atoms with van der Waals surface area (Å²) in [7, 11) is 0. The number of hydrogen-bond donors (Lipinski definition) is 3. The van der Waals surface area contributed by atoms with Gasteiger partial charge in [0.2, 0.25) is 5.88 Å². The van der Waals surface area contributed by atoms with E-state index in [1.807, 2.05) is 0 Å². The van der Waals surface area contributed by atoms with Crippen molar-refractivity contribution in [3.8, 4) is 0 Å². The summed E-state index contributed by atoms with van der Waals surface area (Å²) in [6, 6.07) is 0.982. The summed E-state index contributed by atoms with van der Waals surface area (Å²) in [5, 5.41) is 25.7. The van der Waals surface area contributed by atoms with E-state index in [9.17, 15) is 15.0 Å². The van der Waals surface area contributed by atoms with Gasteiger partial charge < -0.3 is 19.6 Å². The van der Waals surface area contributed by atoms with Crippen LogP contribution in [0.15, 0.2) is 10.6 Å². The molecule has 1 aliphatic carbocycles. The molecule has 1 aliphatic heterocycles. The first-order valence-corrected chi connectivity index (χ1v) is 5.93. The van der Waals surface area contributed by atoms with Gasteiger partial charge in [-0.05, 0) is 13.3 Å². The van der Waals surface area contributed by atoms with E-state index in [2.05, 4.69) is 10.5 Å². The molecule has 7 nitrogen and oxygen atoms in total. The van der Waals surface area contributed by atoms with E-state index >= 15 is 0 Å². The van der Waals surface area contributed by atoms with Crippen LogP contribution in [0.5, 0.6) is 0 Å². The normalized spacial score (nSPS) is 34.1.